The zero-order valence-corrected chi connectivity index (χ0v) is 23.6. The van der Waals surface area contributed by atoms with Crippen LogP contribution in [0.3, 0.4) is 0 Å². The highest BCUT2D eigenvalue weighted by Gasteiger charge is 2.44. The van der Waals surface area contributed by atoms with Gasteiger partial charge in [-0.25, -0.2) is 19.5 Å². The second-order valence-corrected chi connectivity index (χ2v) is 12.4. The summed E-state index contributed by atoms with van der Waals surface area (Å²) >= 11 is 0. The predicted octanol–water partition coefficient (Wildman–Crippen LogP) is 4.17. The Morgan fingerprint density at radius 3 is 2.70 bits per heavy atom. The monoisotopic (exact) mass is 573 g/mol. The molecule has 40 heavy (non-hydrogen) atoms. The molecule has 1 aromatic carbocycles. The Hall–Kier alpha value is -3.05. The van der Waals surface area contributed by atoms with Crippen LogP contribution in [0.5, 0.6) is 5.75 Å². The molecule has 216 valence electrons. The van der Waals surface area contributed by atoms with Gasteiger partial charge in [0.1, 0.15) is 41.6 Å². The molecule has 12 nitrogen and oxygen atoms in total. The number of aliphatic hydroxyl groups is 1. The van der Waals surface area contributed by atoms with Gasteiger partial charge in [-0.05, 0) is 44.7 Å². The lowest BCUT2D eigenvalue weighted by molar-refractivity contribution is -0.154. The molecule has 0 spiro atoms. The van der Waals surface area contributed by atoms with E-state index in [-0.39, 0.29) is 31.1 Å². The Labute approximate surface area is 232 Å². The summed E-state index contributed by atoms with van der Waals surface area (Å²) < 4.78 is 39.8. The predicted molar refractivity (Wildman–Crippen MR) is 147 cm³/mol. The molecule has 3 aromatic rings. The normalized spacial score (nSPS) is 24.0. The first kappa shape index (κ1) is 28.5. The number of imidazole rings is 1. The summed E-state index contributed by atoms with van der Waals surface area (Å²) in [5, 5.41) is 10.1. The van der Waals surface area contributed by atoms with E-state index >= 15 is 0 Å². The fourth-order valence-corrected chi connectivity index (χ4v) is 7.33. The van der Waals surface area contributed by atoms with Crippen LogP contribution in [-0.2, 0) is 23.4 Å². The Morgan fingerprint density at radius 1 is 1.23 bits per heavy atom. The van der Waals surface area contributed by atoms with Crippen LogP contribution in [0.1, 0.15) is 57.5 Å². The van der Waals surface area contributed by atoms with Crippen molar-refractivity contribution >= 4 is 30.5 Å². The van der Waals surface area contributed by atoms with Crippen molar-refractivity contribution in [2.24, 2.45) is 5.92 Å². The number of hydrogen-bond donors (Lipinski definition) is 2. The summed E-state index contributed by atoms with van der Waals surface area (Å²) in [6, 6.07) is 8.66. The quantitative estimate of drug-likeness (QED) is 0.265. The maximum Gasteiger partial charge on any atom is 0.380 e. The first-order valence-corrected chi connectivity index (χ1v) is 15.4. The Kier molecular flexibility index (Phi) is 8.70. The second-order valence-electron chi connectivity index (χ2n) is 10.5. The largest absolute Gasteiger partial charge is 0.462 e. The lowest BCUT2D eigenvalue weighted by Gasteiger charge is -2.27. The van der Waals surface area contributed by atoms with Gasteiger partial charge in [0.2, 0.25) is 0 Å². The fourth-order valence-electron chi connectivity index (χ4n) is 5.23. The van der Waals surface area contributed by atoms with Crippen LogP contribution in [-0.4, -0.2) is 61.7 Å². The number of fused-ring (bicyclic) bond motifs is 1. The Morgan fingerprint density at radius 2 is 1.98 bits per heavy atom. The number of rotatable bonds is 10. The molecule has 0 amide bonds. The zero-order valence-electron chi connectivity index (χ0n) is 22.7. The van der Waals surface area contributed by atoms with Gasteiger partial charge in [0.05, 0.1) is 25.0 Å². The first-order chi connectivity index (χ1) is 19.2. The molecule has 2 aliphatic rings. The van der Waals surface area contributed by atoms with Crippen LogP contribution in [0.4, 0.5) is 5.82 Å². The third-order valence-electron chi connectivity index (χ3n) is 7.25. The number of benzene rings is 1. The van der Waals surface area contributed by atoms with Crippen LogP contribution < -0.4 is 10.3 Å². The molecule has 3 N–H and O–H groups in total. The number of aryl methyl sites for hydroxylation is 1. The summed E-state index contributed by atoms with van der Waals surface area (Å²) in [7, 11) is -3.93. The van der Waals surface area contributed by atoms with Crippen molar-refractivity contribution in [2.45, 2.75) is 76.9 Å². The van der Waals surface area contributed by atoms with Gasteiger partial charge >= 0.3 is 13.6 Å². The number of nitrogen functional groups attached to an aromatic ring is 1. The number of para-hydroxylation sites is 1. The molecule has 5 rings (SSSR count). The molecule has 2 fully saturated rings. The van der Waals surface area contributed by atoms with Gasteiger partial charge in [-0.2, -0.15) is 0 Å². The molecular formula is C27H36N5O7P. The van der Waals surface area contributed by atoms with Gasteiger partial charge in [0.25, 0.3) is 0 Å². The highest BCUT2D eigenvalue weighted by molar-refractivity contribution is 7.54. The minimum absolute atomic E-state index is 0.117. The van der Waals surface area contributed by atoms with E-state index < -0.39 is 37.9 Å². The molecule has 0 radical (unpaired) electrons. The summed E-state index contributed by atoms with van der Waals surface area (Å²) in [6.07, 6.45) is 4.10. The van der Waals surface area contributed by atoms with Crippen molar-refractivity contribution in [2.75, 3.05) is 18.5 Å². The Bertz CT molecular complexity index is 1360. The summed E-state index contributed by atoms with van der Waals surface area (Å²) in [5.74, 6) is -0.0868. The van der Waals surface area contributed by atoms with Crippen molar-refractivity contribution in [1.82, 2.24) is 19.5 Å². The summed E-state index contributed by atoms with van der Waals surface area (Å²) in [6.45, 7) is 3.01. The van der Waals surface area contributed by atoms with Crippen molar-refractivity contribution in [3.63, 3.8) is 0 Å². The lowest BCUT2D eigenvalue weighted by Crippen LogP contribution is -2.30. The highest BCUT2D eigenvalue weighted by atomic mass is 31.2. The number of hydrogen-bond acceptors (Lipinski definition) is 11. The third kappa shape index (κ3) is 6.46. The number of aromatic nitrogens is 4. The number of nitrogens with zero attached hydrogens (tertiary/aromatic N) is 4. The number of aliphatic hydroxyl groups excluding tert-OH is 1. The van der Waals surface area contributed by atoms with Gasteiger partial charge in [0, 0.05) is 6.42 Å². The molecular weight excluding hydrogens is 537 g/mol. The maximum absolute atomic E-state index is 14.3. The van der Waals surface area contributed by atoms with Crippen LogP contribution in [0.15, 0.2) is 36.7 Å². The molecule has 1 saturated carbocycles. The van der Waals surface area contributed by atoms with Crippen molar-refractivity contribution in [1.29, 1.82) is 0 Å². The number of nitrogens with two attached hydrogens (primary N) is 1. The van der Waals surface area contributed by atoms with E-state index in [1.165, 1.54) is 0 Å². The van der Waals surface area contributed by atoms with Crippen LogP contribution in [0.25, 0.3) is 11.2 Å². The summed E-state index contributed by atoms with van der Waals surface area (Å²) in [4.78, 5) is 25.8. The van der Waals surface area contributed by atoms with Gasteiger partial charge in [-0.3, -0.25) is 13.9 Å². The van der Waals surface area contributed by atoms with E-state index in [0.29, 0.717) is 22.7 Å². The molecule has 1 saturated heterocycles. The molecule has 3 heterocycles. The van der Waals surface area contributed by atoms with Crippen molar-refractivity contribution in [3.8, 4) is 5.75 Å². The van der Waals surface area contributed by atoms with Crippen molar-refractivity contribution in [3.05, 3.63) is 42.5 Å². The van der Waals surface area contributed by atoms with Crippen LogP contribution in [0.2, 0.25) is 0 Å². The average molecular weight is 574 g/mol. The minimum Gasteiger partial charge on any atom is -0.462 e. The zero-order chi connectivity index (χ0) is 28.3. The van der Waals surface area contributed by atoms with Crippen LogP contribution in [0, 0.1) is 12.8 Å². The van der Waals surface area contributed by atoms with E-state index in [4.69, 9.17) is 24.3 Å². The maximum atomic E-state index is 14.3. The third-order valence-corrected chi connectivity index (χ3v) is 9.33. The molecule has 0 bridgehead atoms. The highest BCUT2D eigenvalue weighted by Crippen LogP contribution is 2.53. The van der Waals surface area contributed by atoms with E-state index in [1.807, 2.05) is 6.07 Å². The van der Waals surface area contributed by atoms with Gasteiger partial charge in [-0.15, -0.1) is 0 Å². The number of anilines is 1. The molecule has 2 aromatic heterocycles. The average Bonchev–Trinajstić information content (AvgIpc) is 3.53. The minimum atomic E-state index is -3.93. The summed E-state index contributed by atoms with van der Waals surface area (Å²) in [5.41, 5.74) is 6.93. The van der Waals surface area contributed by atoms with Crippen LogP contribution >= 0.6 is 7.60 Å². The van der Waals surface area contributed by atoms with Crippen molar-refractivity contribution < 1.29 is 33.0 Å². The number of carbonyl (C=O) groups is 1. The molecule has 1 aliphatic carbocycles. The fraction of sp³-hybridized carbons (Fsp3) is 0.556. The topological polar surface area (TPSA) is 161 Å². The smallest absolute Gasteiger partial charge is 0.380 e. The van der Waals surface area contributed by atoms with Gasteiger partial charge in [0.15, 0.2) is 11.5 Å². The second kappa shape index (κ2) is 12.2. The van der Waals surface area contributed by atoms with Gasteiger partial charge < -0.3 is 24.8 Å². The SMILES string of the molecule is Cc1nc(N)c2ncn([C@H]3C[C@@H](OP(=O)(C[C@@H](C)C(=O)OC4CCCCC4)Oc4ccccc4)[C@@H](CO)O3)c2n1. The van der Waals surface area contributed by atoms with E-state index in [1.54, 1.807) is 49.0 Å². The number of esters is 1. The number of ether oxygens (including phenoxy) is 2. The molecule has 1 unspecified atom stereocenters. The van der Waals surface area contributed by atoms with E-state index in [2.05, 4.69) is 15.0 Å². The van der Waals surface area contributed by atoms with E-state index in [0.717, 1.165) is 32.1 Å². The molecule has 1 aliphatic heterocycles. The standard InChI is InChI=1S/C27H36N5O7P/c1-17(27(34)36-19-9-5-3-6-10-19)15-40(35,38-20-11-7-4-8-12-20)39-21-13-23(37-22(21)14-33)32-16-29-24-25(28)30-18(2)31-26(24)32/h4,7-8,11-12,16-17,19,21-23,33H,3,5-6,9-10,13-15H2,1-2H3,(H2,28,30,31)/t17-,21-,22-,23-,40?/m1/s1. The molecule has 13 heteroatoms. The molecule has 5 atom stereocenters. The Balaban J connectivity index is 1.35. The number of carbonyl (C=O) groups excluding carboxylic acids is 1. The first-order valence-electron chi connectivity index (χ1n) is 13.7. The lowest BCUT2D eigenvalue weighted by atomic mass is 9.98. The van der Waals surface area contributed by atoms with E-state index in [9.17, 15) is 14.5 Å². The van der Waals surface area contributed by atoms with Gasteiger partial charge in [-0.1, -0.05) is 31.5 Å².